The maximum atomic E-state index is 12.1. The van der Waals surface area contributed by atoms with Crippen molar-refractivity contribution in [2.45, 2.75) is 19.5 Å². The number of likely N-dealkylation sites (N-methyl/N-ethyl adjacent to an activating group) is 1. The predicted octanol–water partition coefficient (Wildman–Crippen LogP) is 2.40. The van der Waals surface area contributed by atoms with Gasteiger partial charge in [-0.1, -0.05) is 6.07 Å². The number of carbonyl (C=O) groups is 1. The van der Waals surface area contributed by atoms with Gasteiger partial charge in [-0.3, -0.25) is 9.69 Å². The van der Waals surface area contributed by atoms with Gasteiger partial charge in [-0.25, -0.2) is 0 Å². The van der Waals surface area contributed by atoms with Gasteiger partial charge in [0.25, 0.3) is 0 Å². The normalized spacial score (nSPS) is 11.7. The van der Waals surface area contributed by atoms with E-state index in [9.17, 15) is 18.0 Å². The van der Waals surface area contributed by atoms with Crippen LogP contribution in [0.5, 0.6) is 0 Å². The highest BCUT2D eigenvalue weighted by molar-refractivity contribution is 5.93. The third kappa shape index (κ3) is 5.92. The summed E-state index contributed by atoms with van der Waals surface area (Å²) in [6, 6.07) is 5.09. The van der Waals surface area contributed by atoms with Crippen LogP contribution in [0.15, 0.2) is 18.2 Å². The van der Waals surface area contributed by atoms with E-state index in [1.807, 2.05) is 6.92 Å². The van der Waals surface area contributed by atoms with Gasteiger partial charge < -0.3 is 11.1 Å². The highest BCUT2D eigenvalue weighted by atomic mass is 19.4. The van der Waals surface area contributed by atoms with E-state index >= 15 is 0 Å². The zero-order valence-electron chi connectivity index (χ0n) is 11.4. The molecular weight excluding hydrogens is 271 g/mol. The van der Waals surface area contributed by atoms with Crippen LogP contribution in [0.1, 0.15) is 12.0 Å². The first-order chi connectivity index (χ1) is 9.17. The van der Waals surface area contributed by atoms with E-state index in [4.69, 9.17) is 5.73 Å². The van der Waals surface area contributed by atoms with Crippen LogP contribution >= 0.6 is 0 Å². The molecule has 0 fully saturated rings. The summed E-state index contributed by atoms with van der Waals surface area (Å²) >= 11 is 0. The zero-order valence-corrected chi connectivity index (χ0v) is 11.4. The number of halogens is 3. The minimum Gasteiger partial charge on any atom is -0.399 e. The van der Waals surface area contributed by atoms with E-state index in [-0.39, 0.29) is 19.0 Å². The minimum absolute atomic E-state index is 0.107. The number of hydrogen-bond donors (Lipinski definition) is 2. The van der Waals surface area contributed by atoms with Crippen LogP contribution in [-0.2, 0) is 4.79 Å². The molecule has 0 atom stereocenters. The number of hydrogen-bond acceptors (Lipinski definition) is 3. The molecule has 112 valence electrons. The molecule has 0 aliphatic rings. The van der Waals surface area contributed by atoms with Crippen molar-refractivity contribution in [1.82, 2.24) is 4.90 Å². The standard InChI is InChI=1S/C13H18F3N3O/c1-9-3-4-10(17)7-11(9)18-12(20)8-19(2)6-5-13(14,15)16/h3-4,7H,5-6,8,17H2,1-2H3,(H,18,20). The largest absolute Gasteiger partial charge is 0.399 e. The third-order valence-electron chi connectivity index (χ3n) is 2.73. The van der Waals surface area contributed by atoms with E-state index in [0.717, 1.165) is 5.56 Å². The molecule has 0 saturated heterocycles. The smallest absolute Gasteiger partial charge is 0.390 e. The van der Waals surface area contributed by atoms with Gasteiger partial charge >= 0.3 is 6.18 Å². The van der Waals surface area contributed by atoms with Crippen LogP contribution in [0.2, 0.25) is 0 Å². The molecule has 0 saturated carbocycles. The van der Waals surface area contributed by atoms with Crippen LogP contribution in [-0.4, -0.2) is 37.1 Å². The van der Waals surface area contributed by atoms with Crippen molar-refractivity contribution in [2.75, 3.05) is 31.2 Å². The van der Waals surface area contributed by atoms with Crippen LogP contribution in [0.3, 0.4) is 0 Å². The first-order valence-electron chi connectivity index (χ1n) is 6.08. The van der Waals surface area contributed by atoms with Crippen molar-refractivity contribution in [3.63, 3.8) is 0 Å². The van der Waals surface area contributed by atoms with Crippen LogP contribution in [0.4, 0.5) is 24.5 Å². The monoisotopic (exact) mass is 289 g/mol. The molecule has 3 N–H and O–H groups in total. The molecule has 0 aliphatic carbocycles. The summed E-state index contributed by atoms with van der Waals surface area (Å²) in [5, 5.41) is 2.64. The SMILES string of the molecule is Cc1ccc(N)cc1NC(=O)CN(C)CCC(F)(F)F. The Balaban J connectivity index is 2.49. The number of aryl methyl sites for hydroxylation is 1. The Morgan fingerprint density at radius 1 is 1.40 bits per heavy atom. The van der Waals surface area contributed by atoms with Crippen LogP contribution < -0.4 is 11.1 Å². The molecule has 0 heterocycles. The molecule has 1 rings (SSSR count). The number of nitrogens with two attached hydrogens (primary N) is 1. The van der Waals surface area contributed by atoms with Crippen molar-refractivity contribution in [1.29, 1.82) is 0 Å². The fourth-order valence-corrected chi connectivity index (χ4v) is 1.61. The molecule has 1 amide bonds. The number of carbonyl (C=O) groups excluding carboxylic acids is 1. The van der Waals surface area contributed by atoms with E-state index in [2.05, 4.69) is 5.32 Å². The van der Waals surface area contributed by atoms with Gasteiger partial charge in [0.1, 0.15) is 0 Å². The maximum Gasteiger partial charge on any atom is 0.390 e. The average Bonchev–Trinajstić information content (AvgIpc) is 2.30. The Morgan fingerprint density at radius 3 is 2.65 bits per heavy atom. The molecule has 0 bridgehead atoms. The minimum atomic E-state index is -4.21. The van der Waals surface area contributed by atoms with Gasteiger partial charge in [0.2, 0.25) is 5.91 Å². The van der Waals surface area contributed by atoms with Gasteiger partial charge in [-0.15, -0.1) is 0 Å². The highest BCUT2D eigenvalue weighted by Crippen LogP contribution is 2.20. The molecule has 0 spiro atoms. The van der Waals surface area contributed by atoms with Crippen LogP contribution in [0.25, 0.3) is 0 Å². The first-order valence-corrected chi connectivity index (χ1v) is 6.08. The highest BCUT2D eigenvalue weighted by Gasteiger charge is 2.27. The van der Waals surface area contributed by atoms with Gasteiger partial charge in [-0.2, -0.15) is 13.2 Å². The molecule has 20 heavy (non-hydrogen) atoms. The lowest BCUT2D eigenvalue weighted by molar-refractivity contribution is -0.138. The van der Waals surface area contributed by atoms with Gasteiger partial charge in [0.15, 0.2) is 0 Å². The van der Waals surface area contributed by atoms with Crippen molar-refractivity contribution < 1.29 is 18.0 Å². The quantitative estimate of drug-likeness (QED) is 0.818. The summed E-state index contributed by atoms with van der Waals surface area (Å²) < 4.78 is 36.2. The molecule has 0 aliphatic heterocycles. The predicted molar refractivity (Wildman–Crippen MR) is 72.4 cm³/mol. The molecule has 7 heteroatoms. The first kappa shape index (κ1) is 16.3. The van der Waals surface area contributed by atoms with Crippen molar-refractivity contribution >= 4 is 17.3 Å². The van der Waals surface area contributed by atoms with Gasteiger partial charge in [0, 0.05) is 17.9 Å². The number of benzene rings is 1. The fraction of sp³-hybridized carbons (Fsp3) is 0.462. The van der Waals surface area contributed by atoms with E-state index < -0.39 is 12.6 Å². The Bertz CT molecular complexity index is 474. The number of alkyl halides is 3. The summed E-state index contributed by atoms with van der Waals surface area (Å²) in [7, 11) is 1.47. The number of nitrogen functional groups attached to an aromatic ring is 1. The average molecular weight is 289 g/mol. The summed E-state index contributed by atoms with van der Waals surface area (Å²) in [6.07, 6.45) is -5.15. The number of anilines is 2. The second-order valence-electron chi connectivity index (χ2n) is 4.73. The molecule has 1 aromatic rings. The third-order valence-corrected chi connectivity index (χ3v) is 2.73. The second-order valence-corrected chi connectivity index (χ2v) is 4.73. The van der Waals surface area contributed by atoms with Crippen molar-refractivity contribution in [2.24, 2.45) is 0 Å². The lowest BCUT2D eigenvalue weighted by Gasteiger charge is -2.17. The Labute approximate surface area is 115 Å². The number of nitrogens with one attached hydrogen (secondary N) is 1. The van der Waals surface area contributed by atoms with Crippen molar-refractivity contribution in [3.05, 3.63) is 23.8 Å². The van der Waals surface area contributed by atoms with Crippen molar-refractivity contribution in [3.8, 4) is 0 Å². The maximum absolute atomic E-state index is 12.1. The zero-order chi connectivity index (χ0) is 15.3. The lowest BCUT2D eigenvalue weighted by atomic mass is 10.2. The summed E-state index contributed by atoms with van der Waals surface area (Å²) in [6.45, 7) is 1.49. The lowest BCUT2D eigenvalue weighted by Crippen LogP contribution is -2.32. The number of nitrogens with zero attached hydrogens (tertiary/aromatic N) is 1. The Morgan fingerprint density at radius 2 is 2.05 bits per heavy atom. The van der Waals surface area contributed by atoms with E-state index in [1.54, 1.807) is 18.2 Å². The summed E-state index contributed by atoms with van der Waals surface area (Å²) in [5.41, 5.74) is 7.53. The Kier molecular flexibility index (Phi) is 5.38. The van der Waals surface area contributed by atoms with Gasteiger partial charge in [0.05, 0.1) is 13.0 Å². The van der Waals surface area contributed by atoms with Gasteiger partial charge in [-0.05, 0) is 31.7 Å². The molecule has 0 radical (unpaired) electrons. The fourth-order valence-electron chi connectivity index (χ4n) is 1.61. The van der Waals surface area contributed by atoms with Crippen LogP contribution in [0, 0.1) is 6.92 Å². The summed E-state index contributed by atoms with van der Waals surface area (Å²) in [5.74, 6) is -0.372. The topological polar surface area (TPSA) is 58.4 Å². The molecule has 0 unspecified atom stereocenters. The molecule has 4 nitrogen and oxygen atoms in total. The molecular formula is C13H18F3N3O. The van der Waals surface area contributed by atoms with E-state index in [1.165, 1.54) is 11.9 Å². The number of amides is 1. The number of rotatable bonds is 5. The second kappa shape index (κ2) is 6.60. The molecule has 0 aromatic heterocycles. The molecule has 1 aromatic carbocycles. The van der Waals surface area contributed by atoms with E-state index in [0.29, 0.717) is 11.4 Å². The Hall–Kier alpha value is -1.76. The summed E-state index contributed by atoms with van der Waals surface area (Å²) in [4.78, 5) is 13.1.